The van der Waals surface area contributed by atoms with Crippen molar-refractivity contribution in [2.75, 3.05) is 13.1 Å². The zero-order valence-electron chi connectivity index (χ0n) is 12.2. The molecule has 5 heteroatoms. The van der Waals surface area contributed by atoms with Gasteiger partial charge in [-0.1, -0.05) is 26.0 Å². The zero-order valence-corrected chi connectivity index (χ0v) is 13.1. The molecule has 1 saturated heterocycles. The Morgan fingerprint density at radius 1 is 1.30 bits per heavy atom. The van der Waals surface area contributed by atoms with Crippen molar-refractivity contribution < 1.29 is 8.42 Å². The second-order valence-electron chi connectivity index (χ2n) is 5.75. The molecule has 1 heterocycles. The Hall–Kier alpha value is -0.910. The van der Waals surface area contributed by atoms with Gasteiger partial charge in [-0.15, -0.1) is 0 Å². The molecule has 1 aromatic carbocycles. The Kier molecular flexibility index (Phi) is 4.83. The second kappa shape index (κ2) is 6.24. The summed E-state index contributed by atoms with van der Waals surface area (Å²) in [5.74, 6) is 0.351. The highest BCUT2D eigenvalue weighted by Crippen LogP contribution is 2.30. The van der Waals surface area contributed by atoms with Crippen LogP contribution in [0, 0.1) is 5.92 Å². The van der Waals surface area contributed by atoms with Gasteiger partial charge in [0, 0.05) is 12.6 Å². The van der Waals surface area contributed by atoms with Gasteiger partial charge in [-0.05, 0) is 49.4 Å². The van der Waals surface area contributed by atoms with Crippen molar-refractivity contribution in [1.82, 2.24) is 4.31 Å². The first-order chi connectivity index (χ1) is 9.46. The Morgan fingerprint density at radius 2 is 1.95 bits per heavy atom. The molecule has 20 heavy (non-hydrogen) atoms. The quantitative estimate of drug-likeness (QED) is 0.904. The highest BCUT2D eigenvalue weighted by molar-refractivity contribution is 7.89. The first-order valence-corrected chi connectivity index (χ1v) is 8.71. The van der Waals surface area contributed by atoms with Gasteiger partial charge in [-0.25, -0.2) is 8.42 Å². The molecule has 0 aliphatic carbocycles. The van der Waals surface area contributed by atoms with E-state index >= 15 is 0 Å². The van der Waals surface area contributed by atoms with Crippen LogP contribution < -0.4 is 5.73 Å². The van der Waals surface area contributed by atoms with Crippen LogP contribution in [0.25, 0.3) is 0 Å². The standard InChI is InChI=1S/C15H24N2O2S/c1-12(2)15-4-3-11-17(15)20(18,19)14-7-5-13(6-8-14)9-10-16/h5-8,12,15H,3-4,9-11,16H2,1-2H3. The topological polar surface area (TPSA) is 63.4 Å². The molecule has 112 valence electrons. The van der Waals surface area contributed by atoms with Crippen LogP contribution in [0.15, 0.2) is 29.2 Å². The largest absolute Gasteiger partial charge is 0.330 e. The second-order valence-corrected chi connectivity index (χ2v) is 7.64. The molecule has 1 aliphatic rings. The molecule has 1 atom stereocenters. The van der Waals surface area contributed by atoms with Gasteiger partial charge in [0.2, 0.25) is 10.0 Å². The molecule has 0 spiro atoms. The van der Waals surface area contributed by atoms with Crippen molar-refractivity contribution >= 4 is 10.0 Å². The van der Waals surface area contributed by atoms with Gasteiger partial charge in [0.1, 0.15) is 0 Å². The summed E-state index contributed by atoms with van der Waals surface area (Å²) in [5, 5.41) is 0. The van der Waals surface area contributed by atoms with Crippen LogP contribution in [0.2, 0.25) is 0 Å². The smallest absolute Gasteiger partial charge is 0.243 e. The molecule has 0 radical (unpaired) electrons. The van der Waals surface area contributed by atoms with E-state index in [-0.39, 0.29) is 6.04 Å². The molecular weight excluding hydrogens is 272 g/mol. The van der Waals surface area contributed by atoms with Crippen LogP contribution in [0.5, 0.6) is 0 Å². The maximum atomic E-state index is 12.7. The van der Waals surface area contributed by atoms with E-state index in [1.807, 2.05) is 12.1 Å². The fourth-order valence-corrected chi connectivity index (χ4v) is 4.69. The van der Waals surface area contributed by atoms with Crippen LogP contribution in [-0.4, -0.2) is 31.9 Å². The van der Waals surface area contributed by atoms with Crippen molar-refractivity contribution in [1.29, 1.82) is 0 Å². The summed E-state index contributed by atoms with van der Waals surface area (Å²) in [5.41, 5.74) is 6.59. The van der Waals surface area contributed by atoms with E-state index in [2.05, 4.69) is 13.8 Å². The lowest BCUT2D eigenvalue weighted by atomic mass is 10.0. The lowest BCUT2D eigenvalue weighted by Gasteiger charge is -2.27. The lowest BCUT2D eigenvalue weighted by Crippen LogP contribution is -2.38. The van der Waals surface area contributed by atoms with Crippen molar-refractivity contribution in [2.24, 2.45) is 11.7 Å². The molecule has 1 aromatic rings. The minimum Gasteiger partial charge on any atom is -0.330 e. The summed E-state index contributed by atoms with van der Waals surface area (Å²) < 4.78 is 27.1. The van der Waals surface area contributed by atoms with Gasteiger partial charge in [0.15, 0.2) is 0 Å². The van der Waals surface area contributed by atoms with Gasteiger partial charge >= 0.3 is 0 Å². The number of hydrogen-bond acceptors (Lipinski definition) is 3. The van der Waals surface area contributed by atoms with Crippen LogP contribution in [0.1, 0.15) is 32.3 Å². The normalized spacial score (nSPS) is 20.7. The molecule has 0 bridgehead atoms. The summed E-state index contributed by atoms with van der Waals surface area (Å²) in [6.45, 7) is 5.38. The summed E-state index contributed by atoms with van der Waals surface area (Å²) in [6, 6.07) is 7.26. The fourth-order valence-electron chi connectivity index (χ4n) is 2.86. The van der Waals surface area contributed by atoms with Crippen molar-refractivity contribution in [3.8, 4) is 0 Å². The minimum atomic E-state index is -3.36. The van der Waals surface area contributed by atoms with E-state index in [0.29, 0.717) is 23.9 Å². The summed E-state index contributed by atoms with van der Waals surface area (Å²) in [6.07, 6.45) is 2.69. The Balaban J connectivity index is 2.25. The summed E-state index contributed by atoms with van der Waals surface area (Å²) in [7, 11) is -3.36. The molecular formula is C15H24N2O2S. The third-order valence-electron chi connectivity index (χ3n) is 3.98. The molecule has 1 unspecified atom stereocenters. The van der Waals surface area contributed by atoms with Crippen LogP contribution >= 0.6 is 0 Å². The molecule has 0 aromatic heterocycles. The first kappa shape index (κ1) is 15.5. The number of rotatable bonds is 5. The lowest BCUT2D eigenvalue weighted by molar-refractivity contribution is 0.316. The van der Waals surface area contributed by atoms with Gasteiger partial charge < -0.3 is 5.73 Å². The molecule has 2 N–H and O–H groups in total. The van der Waals surface area contributed by atoms with Gasteiger partial charge in [-0.2, -0.15) is 4.31 Å². The zero-order chi connectivity index (χ0) is 14.8. The third-order valence-corrected chi connectivity index (χ3v) is 5.92. The van der Waals surface area contributed by atoms with E-state index in [9.17, 15) is 8.42 Å². The summed E-state index contributed by atoms with van der Waals surface area (Å²) in [4.78, 5) is 0.394. The highest BCUT2D eigenvalue weighted by atomic mass is 32.2. The van der Waals surface area contributed by atoms with E-state index in [4.69, 9.17) is 5.73 Å². The Bertz CT molecular complexity index is 537. The number of benzene rings is 1. The molecule has 1 fully saturated rings. The predicted octanol–water partition coefficient (Wildman–Crippen LogP) is 2.00. The SMILES string of the molecule is CC(C)C1CCCN1S(=O)(=O)c1ccc(CCN)cc1. The van der Waals surface area contributed by atoms with Crippen LogP contribution in [-0.2, 0) is 16.4 Å². The van der Waals surface area contributed by atoms with Gasteiger partial charge in [0.05, 0.1) is 4.90 Å². The van der Waals surface area contributed by atoms with Crippen molar-refractivity contribution in [2.45, 2.75) is 44.0 Å². The first-order valence-electron chi connectivity index (χ1n) is 7.27. The van der Waals surface area contributed by atoms with Crippen molar-refractivity contribution in [3.63, 3.8) is 0 Å². The van der Waals surface area contributed by atoms with E-state index in [1.165, 1.54) is 0 Å². The number of sulfonamides is 1. The molecule has 4 nitrogen and oxygen atoms in total. The monoisotopic (exact) mass is 296 g/mol. The maximum Gasteiger partial charge on any atom is 0.243 e. The average Bonchev–Trinajstić information content (AvgIpc) is 2.90. The molecule has 2 rings (SSSR count). The number of hydrogen-bond donors (Lipinski definition) is 1. The van der Waals surface area contributed by atoms with E-state index < -0.39 is 10.0 Å². The van der Waals surface area contributed by atoms with Crippen molar-refractivity contribution in [3.05, 3.63) is 29.8 Å². The van der Waals surface area contributed by atoms with E-state index in [1.54, 1.807) is 16.4 Å². The van der Waals surface area contributed by atoms with Crippen LogP contribution in [0.3, 0.4) is 0 Å². The van der Waals surface area contributed by atoms with Crippen LogP contribution in [0.4, 0.5) is 0 Å². The summed E-state index contributed by atoms with van der Waals surface area (Å²) >= 11 is 0. The number of nitrogens with two attached hydrogens (primary N) is 1. The van der Waals surface area contributed by atoms with E-state index in [0.717, 1.165) is 24.8 Å². The average molecular weight is 296 g/mol. The fraction of sp³-hybridized carbons (Fsp3) is 0.600. The highest BCUT2D eigenvalue weighted by Gasteiger charge is 2.36. The number of nitrogens with zero attached hydrogens (tertiary/aromatic N) is 1. The minimum absolute atomic E-state index is 0.128. The molecule has 1 aliphatic heterocycles. The molecule has 0 saturated carbocycles. The Morgan fingerprint density at radius 3 is 2.50 bits per heavy atom. The Labute approximate surface area is 122 Å². The van der Waals surface area contributed by atoms with Gasteiger partial charge in [-0.3, -0.25) is 0 Å². The third kappa shape index (κ3) is 3.05. The molecule has 0 amide bonds. The van der Waals surface area contributed by atoms with Gasteiger partial charge in [0.25, 0.3) is 0 Å². The predicted molar refractivity (Wildman–Crippen MR) is 81.0 cm³/mol. The maximum absolute atomic E-state index is 12.7.